The van der Waals surface area contributed by atoms with Crippen LogP contribution in [0.1, 0.15) is 11.1 Å². The minimum atomic E-state index is 0.377. The number of fused-ring (bicyclic) bond motifs is 6. The Bertz CT molecular complexity index is 2600. The number of rotatable bonds is 4. The Labute approximate surface area is 268 Å². The molecule has 9 rings (SSSR count). The van der Waals surface area contributed by atoms with Gasteiger partial charge in [0.05, 0.1) is 67.8 Å². The van der Waals surface area contributed by atoms with Gasteiger partial charge in [0.15, 0.2) is 0 Å². The molecule has 7 nitrogen and oxygen atoms in total. The zero-order valence-electron chi connectivity index (χ0n) is 24.8. The molecule has 6 aromatic carbocycles. The summed E-state index contributed by atoms with van der Waals surface area (Å²) in [7, 11) is 0. The molecule has 3 heterocycles. The summed E-state index contributed by atoms with van der Waals surface area (Å²) in [5.74, 6) is 0.753. The van der Waals surface area contributed by atoms with E-state index < -0.39 is 0 Å². The molecule has 218 valence electrons. The van der Waals surface area contributed by atoms with Crippen molar-refractivity contribution >= 4 is 43.6 Å². The minimum absolute atomic E-state index is 0.377. The van der Waals surface area contributed by atoms with E-state index >= 15 is 0 Å². The molecular formula is C40H22N6O. The van der Waals surface area contributed by atoms with Gasteiger partial charge in [-0.15, -0.1) is 10.2 Å². The molecule has 0 bridgehead atoms. The summed E-state index contributed by atoms with van der Waals surface area (Å²) in [6.45, 7) is 0. The van der Waals surface area contributed by atoms with Crippen LogP contribution in [0.4, 0.5) is 0 Å². The first-order valence-corrected chi connectivity index (χ1v) is 15.1. The lowest BCUT2D eigenvalue weighted by Gasteiger charge is -2.12. The minimum Gasteiger partial charge on any atom is -0.416 e. The highest BCUT2D eigenvalue weighted by Crippen LogP contribution is 2.40. The van der Waals surface area contributed by atoms with Gasteiger partial charge in [0.25, 0.3) is 0 Å². The fraction of sp³-hybridized carbons (Fsp3) is 0. The maximum absolute atomic E-state index is 9.94. The Balaban J connectivity index is 1.24. The molecule has 0 N–H and O–H groups in total. The second kappa shape index (κ2) is 10.3. The van der Waals surface area contributed by atoms with E-state index in [2.05, 4.69) is 43.6 Å². The van der Waals surface area contributed by atoms with Gasteiger partial charge in [0.1, 0.15) is 0 Å². The number of aromatic nitrogens is 4. The van der Waals surface area contributed by atoms with Crippen molar-refractivity contribution in [2.75, 3.05) is 0 Å². The summed E-state index contributed by atoms with van der Waals surface area (Å²) in [5, 5.41) is 32.8. The van der Waals surface area contributed by atoms with E-state index in [4.69, 9.17) is 4.42 Å². The van der Waals surface area contributed by atoms with E-state index in [1.54, 1.807) is 0 Å². The average Bonchev–Trinajstić information content (AvgIpc) is 3.84. The molecule has 0 saturated carbocycles. The quantitative estimate of drug-likeness (QED) is 0.200. The van der Waals surface area contributed by atoms with Crippen LogP contribution in [-0.2, 0) is 0 Å². The Hall–Kier alpha value is -6.96. The third kappa shape index (κ3) is 3.84. The summed E-state index contributed by atoms with van der Waals surface area (Å²) in [6.07, 6.45) is 0. The molecule has 47 heavy (non-hydrogen) atoms. The van der Waals surface area contributed by atoms with E-state index in [1.807, 2.05) is 121 Å². The predicted octanol–water partition coefficient (Wildman–Crippen LogP) is 9.34. The lowest BCUT2D eigenvalue weighted by atomic mass is 10.1. The van der Waals surface area contributed by atoms with E-state index in [9.17, 15) is 10.5 Å². The predicted molar refractivity (Wildman–Crippen MR) is 183 cm³/mol. The summed E-state index contributed by atoms with van der Waals surface area (Å²) in [4.78, 5) is 0. The first-order valence-electron chi connectivity index (χ1n) is 15.1. The molecule has 0 aliphatic heterocycles. The van der Waals surface area contributed by atoms with Crippen LogP contribution in [0.25, 0.3) is 77.9 Å². The van der Waals surface area contributed by atoms with Crippen molar-refractivity contribution in [1.29, 1.82) is 10.5 Å². The van der Waals surface area contributed by atoms with Gasteiger partial charge in [-0.25, -0.2) is 0 Å². The number of hydrogen-bond acceptors (Lipinski definition) is 5. The molecule has 0 radical (unpaired) electrons. The number of nitriles is 2. The van der Waals surface area contributed by atoms with Gasteiger partial charge < -0.3 is 13.6 Å². The monoisotopic (exact) mass is 602 g/mol. The Morgan fingerprint density at radius 2 is 0.851 bits per heavy atom. The fourth-order valence-electron chi connectivity index (χ4n) is 6.88. The van der Waals surface area contributed by atoms with Crippen molar-refractivity contribution in [2.45, 2.75) is 0 Å². The van der Waals surface area contributed by atoms with Crippen molar-refractivity contribution < 1.29 is 4.42 Å². The van der Waals surface area contributed by atoms with Gasteiger partial charge in [-0.05, 0) is 60.7 Å². The van der Waals surface area contributed by atoms with Crippen molar-refractivity contribution in [1.82, 2.24) is 19.3 Å². The molecule has 0 aliphatic carbocycles. The number of hydrogen-bond donors (Lipinski definition) is 0. The second-order valence-corrected chi connectivity index (χ2v) is 11.3. The highest BCUT2D eigenvalue weighted by Gasteiger charge is 2.22. The highest BCUT2D eigenvalue weighted by atomic mass is 16.4. The normalized spacial score (nSPS) is 11.4. The maximum Gasteiger partial charge on any atom is 0.250 e. The average molecular weight is 603 g/mol. The number of para-hydroxylation sites is 4. The van der Waals surface area contributed by atoms with Crippen LogP contribution in [0.5, 0.6) is 0 Å². The summed E-state index contributed by atoms with van der Waals surface area (Å²) in [6, 6.07) is 48.4. The maximum atomic E-state index is 9.94. The molecule has 0 unspecified atom stereocenters. The molecule has 9 aromatic rings. The van der Waals surface area contributed by atoms with Crippen LogP contribution >= 0.6 is 0 Å². The molecule has 0 atom stereocenters. The highest BCUT2D eigenvalue weighted by molar-refractivity contribution is 6.13. The van der Waals surface area contributed by atoms with Crippen LogP contribution in [0.2, 0.25) is 0 Å². The van der Waals surface area contributed by atoms with Crippen molar-refractivity contribution in [3.8, 4) is 46.4 Å². The first kappa shape index (κ1) is 26.4. The standard InChI is InChI=1S/C40H22N6O/c41-23-25-11-9-21-35-37(25)27-13-1-5-17-31(27)45(35)33-19-7-3-15-29(33)39-43-44-40(47-39)30-16-4-8-20-34(30)46-32-18-6-2-14-28(32)38-26(24-42)12-10-22-36(38)46/h1-22H. The van der Waals surface area contributed by atoms with Crippen LogP contribution in [0.15, 0.2) is 138 Å². The molecule has 0 amide bonds. The summed E-state index contributed by atoms with van der Waals surface area (Å²) >= 11 is 0. The van der Waals surface area contributed by atoms with E-state index in [0.29, 0.717) is 22.9 Å². The molecule has 0 fully saturated rings. The van der Waals surface area contributed by atoms with Crippen molar-refractivity contribution in [2.24, 2.45) is 0 Å². The third-order valence-corrected chi connectivity index (χ3v) is 8.81. The van der Waals surface area contributed by atoms with Crippen LogP contribution < -0.4 is 0 Å². The van der Waals surface area contributed by atoms with E-state index in [-0.39, 0.29) is 0 Å². The Morgan fingerprint density at radius 1 is 0.447 bits per heavy atom. The SMILES string of the molecule is N#Cc1cccc2c1c1ccccc1n2-c1ccccc1-c1nnc(-c2ccccc2-n2c3ccccc3c3c(C#N)cccc32)o1. The Kier molecular flexibility index (Phi) is 5.80. The number of nitrogens with zero attached hydrogens (tertiary/aromatic N) is 6. The van der Waals surface area contributed by atoms with Gasteiger partial charge in [-0.3, -0.25) is 0 Å². The third-order valence-electron chi connectivity index (χ3n) is 8.81. The van der Waals surface area contributed by atoms with Crippen LogP contribution in [-0.4, -0.2) is 19.3 Å². The first-order chi connectivity index (χ1) is 23.3. The van der Waals surface area contributed by atoms with Gasteiger partial charge in [-0.2, -0.15) is 10.5 Å². The van der Waals surface area contributed by atoms with Crippen LogP contribution in [0, 0.1) is 22.7 Å². The molecule has 0 aliphatic rings. The van der Waals surface area contributed by atoms with E-state index in [1.165, 1.54) is 0 Å². The molecule has 0 saturated heterocycles. The fourth-order valence-corrected chi connectivity index (χ4v) is 6.88. The number of benzene rings is 6. The smallest absolute Gasteiger partial charge is 0.250 e. The van der Waals surface area contributed by atoms with Gasteiger partial charge >= 0.3 is 0 Å². The van der Waals surface area contributed by atoms with Crippen molar-refractivity contribution in [3.63, 3.8) is 0 Å². The van der Waals surface area contributed by atoms with Gasteiger partial charge in [0.2, 0.25) is 11.8 Å². The van der Waals surface area contributed by atoms with Gasteiger partial charge in [0, 0.05) is 21.5 Å². The lowest BCUT2D eigenvalue weighted by Crippen LogP contribution is -1.97. The molecule has 0 spiro atoms. The second-order valence-electron chi connectivity index (χ2n) is 11.3. The topological polar surface area (TPSA) is 96.4 Å². The molecule has 3 aromatic heterocycles. The largest absolute Gasteiger partial charge is 0.416 e. The lowest BCUT2D eigenvalue weighted by molar-refractivity contribution is 0.584. The Morgan fingerprint density at radius 3 is 1.32 bits per heavy atom. The van der Waals surface area contributed by atoms with Crippen molar-refractivity contribution in [3.05, 3.63) is 145 Å². The zero-order valence-corrected chi connectivity index (χ0v) is 24.8. The van der Waals surface area contributed by atoms with Gasteiger partial charge in [-0.1, -0.05) is 72.8 Å². The molecular weight excluding hydrogens is 580 g/mol. The summed E-state index contributed by atoms with van der Waals surface area (Å²) in [5.41, 5.74) is 8.31. The van der Waals surface area contributed by atoms with Crippen LogP contribution in [0.3, 0.4) is 0 Å². The summed E-state index contributed by atoms with van der Waals surface area (Å²) < 4.78 is 10.8. The zero-order chi connectivity index (χ0) is 31.5. The molecule has 7 heteroatoms. The van der Waals surface area contributed by atoms with E-state index in [0.717, 1.165) is 66.1 Å².